The second kappa shape index (κ2) is 18.2. The van der Waals surface area contributed by atoms with E-state index in [1.165, 1.54) is 23.5 Å². The average molecular weight is 728 g/mol. The molecule has 53 heavy (non-hydrogen) atoms. The number of hydrogen-bond acceptors (Lipinski definition) is 8. The van der Waals surface area contributed by atoms with Gasteiger partial charge in [0.1, 0.15) is 23.8 Å². The van der Waals surface area contributed by atoms with Crippen LogP contribution in [0.3, 0.4) is 0 Å². The number of nitrogens with zero attached hydrogens (tertiary/aromatic N) is 3. The smallest absolute Gasteiger partial charge is 0.290 e. The van der Waals surface area contributed by atoms with Gasteiger partial charge < -0.3 is 26.2 Å². The van der Waals surface area contributed by atoms with E-state index in [-0.39, 0.29) is 29.9 Å². The summed E-state index contributed by atoms with van der Waals surface area (Å²) in [7, 11) is 0. The van der Waals surface area contributed by atoms with Gasteiger partial charge in [0.05, 0.1) is 18.3 Å². The fraction of sp³-hybridized carbons (Fsp3) is 0.550. The Labute approximate surface area is 311 Å². The number of rotatable bonds is 15. The van der Waals surface area contributed by atoms with Crippen molar-refractivity contribution in [3.05, 3.63) is 72.3 Å². The maximum atomic E-state index is 14.5. The topological polar surface area (TPSA) is 180 Å². The number of aromatic nitrogens is 2. The molecule has 1 saturated heterocycles. The van der Waals surface area contributed by atoms with E-state index >= 15 is 0 Å². The Balaban J connectivity index is 1.32. The molecule has 0 bridgehead atoms. The van der Waals surface area contributed by atoms with Gasteiger partial charge in [0.25, 0.3) is 11.8 Å². The molecule has 5 amide bonds. The van der Waals surface area contributed by atoms with Crippen molar-refractivity contribution in [2.24, 2.45) is 17.8 Å². The molecule has 2 aromatic rings. The van der Waals surface area contributed by atoms with E-state index in [1.807, 2.05) is 37.3 Å². The first-order valence-electron chi connectivity index (χ1n) is 19.0. The van der Waals surface area contributed by atoms with E-state index < -0.39 is 65.5 Å². The largest absolute Gasteiger partial charge is 0.344 e. The summed E-state index contributed by atoms with van der Waals surface area (Å²) in [5.41, 5.74) is 1.30. The van der Waals surface area contributed by atoms with Crippen molar-refractivity contribution in [3.63, 3.8) is 0 Å². The Morgan fingerprint density at radius 2 is 1.64 bits per heavy atom. The van der Waals surface area contributed by atoms with Gasteiger partial charge in [-0.1, -0.05) is 75.9 Å². The molecule has 0 radical (unpaired) electrons. The van der Waals surface area contributed by atoms with Gasteiger partial charge in [-0.15, -0.1) is 0 Å². The van der Waals surface area contributed by atoms with Crippen LogP contribution in [0.1, 0.15) is 107 Å². The molecule has 13 nitrogen and oxygen atoms in total. The van der Waals surface area contributed by atoms with Crippen molar-refractivity contribution in [2.45, 2.75) is 115 Å². The van der Waals surface area contributed by atoms with Gasteiger partial charge in [-0.05, 0) is 74.8 Å². The van der Waals surface area contributed by atoms with Gasteiger partial charge in [-0.2, -0.15) is 0 Å². The summed E-state index contributed by atoms with van der Waals surface area (Å²) in [5.74, 6) is -3.75. The van der Waals surface area contributed by atoms with E-state index in [0.29, 0.717) is 18.5 Å². The highest BCUT2D eigenvalue weighted by Crippen LogP contribution is 2.43. The highest BCUT2D eigenvalue weighted by Gasteiger charge is 2.51. The quantitative estimate of drug-likeness (QED) is 0.159. The summed E-state index contributed by atoms with van der Waals surface area (Å²) in [6.45, 7) is 9.65. The molecule has 0 spiro atoms. The van der Waals surface area contributed by atoms with Crippen molar-refractivity contribution in [1.29, 1.82) is 0 Å². The zero-order valence-corrected chi connectivity index (χ0v) is 31.0. The lowest BCUT2D eigenvalue weighted by molar-refractivity contribution is -0.144. The molecule has 7 atom stereocenters. The van der Waals surface area contributed by atoms with E-state index in [2.05, 4.69) is 37.8 Å². The zero-order valence-electron chi connectivity index (χ0n) is 31.0. The van der Waals surface area contributed by atoms with Crippen LogP contribution in [0.4, 0.5) is 0 Å². The highest BCUT2D eigenvalue weighted by molar-refractivity contribution is 6.38. The predicted molar refractivity (Wildman–Crippen MR) is 198 cm³/mol. The first kappa shape index (κ1) is 39.3. The molecule has 284 valence electrons. The van der Waals surface area contributed by atoms with E-state index in [9.17, 15) is 28.8 Å². The summed E-state index contributed by atoms with van der Waals surface area (Å²) in [4.78, 5) is 92.0. The minimum absolute atomic E-state index is 0.0766. The highest BCUT2D eigenvalue weighted by atomic mass is 16.2. The van der Waals surface area contributed by atoms with Crippen LogP contribution in [0.25, 0.3) is 0 Å². The lowest BCUT2D eigenvalue weighted by Gasteiger charge is -2.34. The number of likely N-dealkylation sites (tertiary alicyclic amines) is 1. The molecule has 1 aliphatic heterocycles. The van der Waals surface area contributed by atoms with Gasteiger partial charge in [0, 0.05) is 18.9 Å². The van der Waals surface area contributed by atoms with Crippen LogP contribution in [0.5, 0.6) is 0 Å². The number of amides is 5. The standard InChI is InChI=1S/C40H53N7O6/c1-5-13-30(35(48)39(52)43-25(4)26-14-8-6-9-15-26)44-38(51)34-29-19-12-18-28(29)23-47(34)40(53)32(24(2)3)45-37(50)33(27-16-10-7-11-17-27)46-36(49)31-22-41-20-21-42-31/h6,8-9,14-15,20-22,25,27-30,32-34H,2,5,7,10-13,16-19,23H2,1,3-4H3,(H,43,52)(H,44,51)(H,45,50)(H,46,49)/t25-,28-,29-,30-,32-,33-,34-/m0/s1. The number of fused-ring (bicyclic) bond motifs is 1. The Morgan fingerprint density at radius 3 is 2.30 bits per heavy atom. The predicted octanol–water partition coefficient (Wildman–Crippen LogP) is 3.57. The third-order valence-corrected chi connectivity index (χ3v) is 11.0. The maximum Gasteiger partial charge on any atom is 0.290 e. The third-order valence-electron chi connectivity index (χ3n) is 11.0. The van der Waals surface area contributed by atoms with Crippen LogP contribution >= 0.6 is 0 Å². The summed E-state index contributed by atoms with van der Waals surface area (Å²) in [6, 6.07) is 4.82. The van der Waals surface area contributed by atoms with Gasteiger partial charge in [0.2, 0.25) is 23.5 Å². The van der Waals surface area contributed by atoms with Crippen molar-refractivity contribution >= 4 is 35.3 Å². The molecule has 3 aliphatic rings. The molecule has 3 fully saturated rings. The van der Waals surface area contributed by atoms with Crippen LogP contribution in [0, 0.1) is 17.8 Å². The van der Waals surface area contributed by atoms with Crippen molar-refractivity contribution in [3.8, 4) is 0 Å². The Morgan fingerprint density at radius 1 is 0.906 bits per heavy atom. The van der Waals surface area contributed by atoms with Crippen molar-refractivity contribution in [2.75, 3.05) is 6.54 Å². The fourth-order valence-electron chi connectivity index (χ4n) is 8.22. The monoisotopic (exact) mass is 727 g/mol. The van der Waals surface area contributed by atoms with Crippen LogP contribution in [-0.2, 0) is 24.0 Å². The molecule has 2 aliphatic carbocycles. The molecular formula is C40H53N7O6. The third kappa shape index (κ3) is 9.54. The number of hydrogen-bond donors (Lipinski definition) is 4. The molecule has 2 saturated carbocycles. The van der Waals surface area contributed by atoms with Crippen molar-refractivity contribution in [1.82, 2.24) is 36.1 Å². The van der Waals surface area contributed by atoms with Crippen LogP contribution in [0.2, 0.25) is 0 Å². The van der Waals surface area contributed by atoms with Gasteiger partial charge in [-0.3, -0.25) is 33.8 Å². The molecule has 1 aromatic heterocycles. The number of nitrogens with one attached hydrogen (secondary N) is 4. The Kier molecular flexibility index (Phi) is 13.5. The van der Waals surface area contributed by atoms with Crippen LogP contribution in [-0.4, -0.2) is 80.9 Å². The number of ketones is 1. The normalized spacial score (nSPS) is 22.0. The van der Waals surface area contributed by atoms with Gasteiger partial charge in [-0.25, -0.2) is 4.98 Å². The molecule has 2 heterocycles. The number of Topliss-reactive ketones (excluding diaryl/α,β-unsaturated/α-hetero) is 1. The molecule has 0 unspecified atom stereocenters. The Hall–Kier alpha value is -4.94. The summed E-state index contributed by atoms with van der Waals surface area (Å²) < 4.78 is 0. The minimum atomic E-state index is -1.16. The average Bonchev–Trinajstić information content (AvgIpc) is 3.78. The number of carbonyl (C=O) groups excluding carboxylic acids is 6. The van der Waals surface area contributed by atoms with E-state index in [1.54, 1.807) is 13.8 Å². The van der Waals surface area contributed by atoms with E-state index in [4.69, 9.17) is 0 Å². The molecule has 13 heteroatoms. The summed E-state index contributed by atoms with van der Waals surface area (Å²) in [6.07, 6.45) is 11.8. The number of carbonyl (C=O) groups is 6. The van der Waals surface area contributed by atoms with Crippen LogP contribution in [0.15, 0.2) is 61.1 Å². The zero-order chi connectivity index (χ0) is 38.1. The fourth-order valence-corrected chi connectivity index (χ4v) is 8.22. The minimum Gasteiger partial charge on any atom is -0.344 e. The molecular weight excluding hydrogens is 674 g/mol. The van der Waals surface area contributed by atoms with Gasteiger partial charge in [0.15, 0.2) is 0 Å². The SMILES string of the molecule is C=C(C)[C@H](NC(=O)[C@@H](NC(=O)c1cnccn1)C1CCCCC1)C(=O)N1C[C@@H]2CCC[C@@H]2[C@H]1C(=O)N[C@@H](CCC)C(=O)C(=O)N[C@@H](C)c1ccccc1. The van der Waals surface area contributed by atoms with Crippen molar-refractivity contribution < 1.29 is 28.8 Å². The summed E-state index contributed by atoms with van der Waals surface area (Å²) in [5, 5.41) is 11.3. The van der Waals surface area contributed by atoms with Crippen LogP contribution < -0.4 is 21.3 Å². The molecule has 4 N–H and O–H groups in total. The maximum absolute atomic E-state index is 14.5. The second-order valence-electron chi connectivity index (χ2n) is 14.8. The Bertz CT molecular complexity index is 1650. The number of benzene rings is 1. The first-order valence-corrected chi connectivity index (χ1v) is 19.0. The second-order valence-corrected chi connectivity index (χ2v) is 14.8. The molecule has 5 rings (SSSR count). The van der Waals surface area contributed by atoms with E-state index in [0.717, 1.165) is 56.9 Å². The lowest BCUT2D eigenvalue weighted by atomic mass is 9.83. The first-order chi connectivity index (χ1) is 25.5. The van der Waals surface area contributed by atoms with Gasteiger partial charge >= 0.3 is 0 Å². The lowest BCUT2D eigenvalue weighted by Crippen LogP contribution is -2.60. The summed E-state index contributed by atoms with van der Waals surface area (Å²) >= 11 is 0. The molecule has 1 aromatic carbocycles.